The number of hydrogen-bond acceptors (Lipinski definition) is 3. The predicted octanol–water partition coefficient (Wildman–Crippen LogP) is 4.17. The van der Waals surface area contributed by atoms with Crippen molar-refractivity contribution in [3.05, 3.63) is 58.9 Å². The molecule has 25 heavy (non-hydrogen) atoms. The van der Waals surface area contributed by atoms with Gasteiger partial charge in [0.05, 0.1) is 17.3 Å². The molecule has 2 aromatic rings. The Kier molecular flexibility index (Phi) is 4.24. The van der Waals surface area contributed by atoms with Crippen molar-refractivity contribution in [2.75, 3.05) is 6.54 Å². The van der Waals surface area contributed by atoms with Crippen LogP contribution in [-0.4, -0.2) is 27.3 Å². The second-order valence-electron chi connectivity index (χ2n) is 7.06. The average Bonchev–Trinajstić information content (AvgIpc) is 3.47. The highest BCUT2D eigenvalue weighted by Gasteiger charge is 2.31. The summed E-state index contributed by atoms with van der Waals surface area (Å²) in [5.41, 5.74) is 2.33. The fourth-order valence-electron chi connectivity index (χ4n) is 3.59. The van der Waals surface area contributed by atoms with Crippen LogP contribution in [-0.2, 0) is 0 Å². The second kappa shape index (κ2) is 6.54. The molecule has 0 spiro atoms. The third kappa shape index (κ3) is 3.28. The molecule has 1 aliphatic carbocycles. The molecule has 2 fully saturated rings. The Balaban J connectivity index is 1.61. The Labute approximate surface area is 147 Å². The van der Waals surface area contributed by atoms with Crippen LogP contribution in [0.2, 0.25) is 0 Å². The molecule has 0 radical (unpaired) electrons. The number of piperidine rings is 1. The van der Waals surface area contributed by atoms with Crippen LogP contribution >= 0.6 is 0 Å². The molecular formula is C20H22FN3O. The number of halogens is 1. The highest BCUT2D eigenvalue weighted by molar-refractivity contribution is 5.95. The number of aryl methyl sites for hydroxylation is 1. The number of hydrogen-bond donors (Lipinski definition) is 0. The van der Waals surface area contributed by atoms with Gasteiger partial charge >= 0.3 is 0 Å². The first-order chi connectivity index (χ1) is 12.1. The van der Waals surface area contributed by atoms with E-state index in [9.17, 15) is 9.18 Å². The predicted molar refractivity (Wildman–Crippen MR) is 92.8 cm³/mol. The fourth-order valence-corrected chi connectivity index (χ4v) is 3.59. The molecule has 4 rings (SSSR count). The van der Waals surface area contributed by atoms with Crippen LogP contribution in [0.1, 0.15) is 71.5 Å². The lowest BCUT2D eigenvalue weighted by Gasteiger charge is -2.36. The number of amides is 1. The van der Waals surface area contributed by atoms with E-state index in [1.807, 2.05) is 11.8 Å². The van der Waals surface area contributed by atoms with Crippen molar-refractivity contribution < 1.29 is 9.18 Å². The summed E-state index contributed by atoms with van der Waals surface area (Å²) < 4.78 is 13.2. The van der Waals surface area contributed by atoms with Gasteiger partial charge < -0.3 is 4.90 Å². The lowest BCUT2D eigenvalue weighted by atomic mass is 9.94. The van der Waals surface area contributed by atoms with E-state index >= 15 is 0 Å². The summed E-state index contributed by atoms with van der Waals surface area (Å²) >= 11 is 0. The Morgan fingerprint density at radius 1 is 1.16 bits per heavy atom. The van der Waals surface area contributed by atoms with E-state index in [2.05, 4.69) is 9.97 Å². The molecule has 2 heterocycles. The van der Waals surface area contributed by atoms with Gasteiger partial charge in [-0.05, 0) is 56.7 Å². The zero-order valence-corrected chi connectivity index (χ0v) is 14.4. The number of benzene rings is 1. The monoisotopic (exact) mass is 339 g/mol. The second-order valence-corrected chi connectivity index (χ2v) is 7.06. The molecule has 1 saturated heterocycles. The molecule has 1 aromatic carbocycles. The van der Waals surface area contributed by atoms with Gasteiger partial charge in [-0.25, -0.2) is 14.4 Å². The van der Waals surface area contributed by atoms with Crippen molar-refractivity contribution in [1.82, 2.24) is 14.9 Å². The summed E-state index contributed by atoms with van der Waals surface area (Å²) in [6.07, 6.45) is 6.94. The van der Waals surface area contributed by atoms with E-state index in [1.54, 1.807) is 18.3 Å². The van der Waals surface area contributed by atoms with E-state index in [-0.39, 0.29) is 17.8 Å². The van der Waals surface area contributed by atoms with Crippen molar-refractivity contribution in [1.29, 1.82) is 0 Å². The van der Waals surface area contributed by atoms with Gasteiger partial charge in [-0.3, -0.25) is 4.79 Å². The van der Waals surface area contributed by atoms with E-state index in [0.717, 1.165) is 49.2 Å². The van der Waals surface area contributed by atoms with Crippen LogP contribution in [0.3, 0.4) is 0 Å². The van der Waals surface area contributed by atoms with Gasteiger partial charge in [-0.1, -0.05) is 12.1 Å². The minimum Gasteiger partial charge on any atom is -0.332 e. The zero-order chi connectivity index (χ0) is 17.4. The molecule has 0 bridgehead atoms. The van der Waals surface area contributed by atoms with Gasteiger partial charge in [0.15, 0.2) is 0 Å². The first kappa shape index (κ1) is 16.2. The van der Waals surface area contributed by atoms with Crippen molar-refractivity contribution in [2.45, 2.75) is 51.0 Å². The van der Waals surface area contributed by atoms with Crippen LogP contribution in [0.25, 0.3) is 0 Å². The van der Waals surface area contributed by atoms with Crippen LogP contribution in [0.5, 0.6) is 0 Å². The molecule has 2 aliphatic rings. The molecule has 5 heteroatoms. The average molecular weight is 339 g/mol. The molecule has 1 aliphatic heterocycles. The quantitative estimate of drug-likeness (QED) is 0.843. The first-order valence-electron chi connectivity index (χ1n) is 9.03. The minimum absolute atomic E-state index is 0.00985. The summed E-state index contributed by atoms with van der Waals surface area (Å²) in [6.45, 7) is 2.60. The van der Waals surface area contributed by atoms with Gasteiger partial charge in [-0.15, -0.1) is 0 Å². The minimum atomic E-state index is -0.252. The van der Waals surface area contributed by atoms with Gasteiger partial charge in [0.2, 0.25) is 0 Å². The number of carbonyl (C=O) groups is 1. The van der Waals surface area contributed by atoms with Gasteiger partial charge in [-0.2, -0.15) is 0 Å². The molecule has 1 aromatic heterocycles. The van der Waals surface area contributed by atoms with Crippen molar-refractivity contribution in [2.24, 2.45) is 0 Å². The van der Waals surface area contributed by atoms with Crippen LogP contribution < -0.4 is 0 Å². The van der Waals surface area contributed by atoms with Crippen LogP contribution in [0.15, 0.2) is 30.5 Å². The molecule has 1 saturated carbocycles. The topological polar surface area (TPSA) is 46.1 Å². The maximum atomic E-state index is 13.2. The number of likely N-dealkylation sites (tertiary alicyclic amines) is 1. The largest absolute Gasteiger partial charge is 0.332 e. The lowest BCUT2D eigenvalue weighted by molar-refractivity contribution is 0.0609. The molecule has 130 valence electrons. The third-order valence-corrected chi connectivity index (χ3v) is 5.19. The normalized spacial score (nSPS) is 20.6. The van der Waals surface area contributed by atoms with Crippen molar-refractivity contribution >= 4 is 5.91 Å². The molecule has 4 nitrogen and oxygen atoms in total. The highest BCUT2D eigenvalue weighted by atomic mass is 19.1. The Morgan fingerprint density at radius 3 is 2.60 bits per heavy atom. The number of nitrogens with zero attached hydrogens (tertiary/aromatic N) is 3. The molecule has 1 atom stereocenters. The van der Waals surface area contributed by atoms with E-state index < -0.39 is 0 Å². The number of rotatable bonds is 3. The van der Waals surface area contributed by atoms with Crippen molar-refractivity contribution in [3.8, 4) is 0 Å². The zero-order valence-electron chi connectivity index (χ0n) is 14.4. The molecule has 1 amide bonds. The van der Waals surface area contributed by atoms with E-state index in [0.29, 0.717) is 18.0 Å². The van der Waals surface area contributed by atoms with Crippen molar-refractivity contribution in [3.63, 3.8) is 0 Å². The molecule has 0 unspecified atom stereocenters. The maximum Gasteiger partial charge on any atom is 0.257 e. The van der Waals surface area contributed by atoms with Crippen LogP contribution in [0, 0.1) is 12.7 Å². The number of aromatic nitrogens is 2. The van der Waals surface area contributed by atoms with E-state index in [4.69, 9.17) is 0 Å². The summed E-state index contributed by atoms with van der Waals surface area (Å²) in [4.78, 5) is 24.0. The smallest absolute Gasteiger partial charge is 0.257 e. The Bertz CT molecular complexity index is 786. The fraction of sp³-hybridized carbons (Fsp3) is 0.450. The Morgan fingerprint density at radius 2 is 1.92 bits per heavy atom. The summed E-state index contributed by atoms with van der Waals surface area (Å²) in [5.74, 6) is 1.07. The maximum absolute atomic E-state index is 13.2. The summed E-state index contributed by atoms with van der Waals surface area (Å²) in [6, 6.07) is 6.48. The first-order valence-corrected chi connectivity index (χ1v) is 9.03. The molecular weight excluding hydrogens is 317 g/mol. The number of carbonyl (C=O) groups excluding carboxylic acids is 1. The summed E-state index contributed by atoms with van der Waals surface area (Å²) in [5, 5.41) is 0. The Hall–Kier alpha value is -2.30. The third-order valence-electron chi connectivity index (χ3n) is 5.19. The summed E-state index contributed by atoms with van der Waals surface area (Å²) in [7, 11) is 0. The standard InChI is InChI=1S/C20H22FN3O/c1-13-17(12-22-19(23-13)15-5-6-15)20(25)24-11-3-2-4-18(24)14-7-9-16(21)10-8-14/h7-10,12,15,18H,2-6,11H2,1H3/t18-/m0/s1. The van der Waals surface area contributed by atoms with Gasteiger partial charge in [0.1, 0.15) is 11.6 Å². The van der Waals surface area contributed by atoms with Gasteiger partial charge in [0.25, 0.3) is 5.91 Å². The molecule has 0 N–H and O–H groups in total. The lowest BCUT2D eigenvalue weighted by Crippen LogP contribution is -2.39. The SMILES string of the molecule is Cc1nc(C2CC2)ncc1C(=O)N1CCCC[C@H]1c1ccc(F)cc1. The van der Waals surface area contributed by atoms with Crippen LogP contribution in [0.4, 0.5) is 4.39 Å². The highest BCUT2D eigenvalue weighted by Crippen LogP contribution is 2.38. The van der Waals surface area contributed by atoms with E-state index in [1.165, 1.54) is 12.1 Å². The van der Waals surface area contributed by atoms with Gasteiger partial charge in [0, 0.05) is 18.7 Å².